The maximum Gasteiger partial charge on any atom is 0.326 e. The second-order valence-corrected chi connectivity index (χ2v) is 13.7. The number of methoxy groups -OCH3 is 1. The normalized spacial score (nSPS) is 18.3. The molecule has 0 saturated carbocycles. The molecule has 3 rings (SSSR count). The first-order chi connectivity index (χ1) is 25.2. The maximum atomic E-state index is 14.3. The molecule has 0 radical (unpaired) electrons. The van der Waals surface area contributed by atoms with Gasteiger partial charge in [-0.2, -0.15) is 0 Å². The van der Waals surface area contributed by atoms with Gasteiger partial charge in [-0.05, 0) is 37.2 Å². The molecule has 2 aromatic rings. The summed E-state index contributed by atoms with van der Waals surface area (Å²) in [6, 6.07) is 3.73. The molecule has 0 spiro atoms. The van der Waals surface area contributed by atoms with Gasteiger partial charge in [-0.15, -0.1) is 0 Å². The van der Waals surface area contributed by atoms with Gasteiger partial charge < -0.3 is 30.7 Å². The standard InChI is InChI=1S/C38H52N6O9/c1-7-12-27(33(46)36(49)42-28(38(51)52)19-24-13-10-9-11-14-24)41-35(48)32-25(8-2)15-18-44(32)37(50)31(23(5)53-6)43-34(47)26(22(3)4)20-30(45)29-21-39-16-17-40-29/h9-11,13-14,16-17,21-23,25-28,31-32H,7-8,12,15,18-20H2,1-6H3,(H,41,48)(H,42,49)(H,43,47)(H,51,52)/t23-,25-,26-,27?,28-,31-,32-/m0/s1. The number of Topliss-reactive ketones (excluding diaryl/α,β-unsaturated/α-hetero) is 2. The molecule has 4 amide bonds. The summed E-state index contributed by atoms with van der Waals surface area (Å²) in [7, 11) is 1.39. The van der Waals surface area contributed by atoms with Crippen LogP contribution in [0.1, 0.15) is 82.8 Å². The fourth-order valence-corrected chi connectivity index (χ4v) is 6.47. The van der Waals surface area contributed by atoms with Gasteiger partial charge in [0, 0.05) is 44.8 Å². The van der Waals surface area contributed by atoms with Gasteiger partial charge >= 0.3 is 5.97 Å². The number of hydrogen-bond acceptors (Lipinski definition) is 10. The number of nitrogens with zero attached hydrogens (tertiary/aromatic N) is 3. The number of ether oxygens (including phenoxy) is 1. The van der Waals surface area contributed by atoms with Crippen LogP contribution in [0.5, 0.6) is 0 Å². The Morgan fingerprint density at radius 1 is 0.962 bits per heavy atom. The highest BCUT2D eigenvalue weighted by Crippen LogP contribution is 2.29. The Labute approximate surface area is 310 Å². The molecule has 0 aliphatic carbocycles. The fourth-order valence-electron chi connectivity index (χ4n) is 6.47. The van der Waals surface area contributed by atoms with Crippen molar-refractivity contribution in [3.63, 3.8) is 0 Å². The third kappa shape index (κ3) is 11.5. The third-order valence-electron chi connectivity index (χ3n) is 9.72. The van der Waals surface area contributed by atoms with E-state index in [0.29, 0.717) is 24.8 Å². The molecule has 4 N–H and O–H groups in total. The number of hydrogen-bond donors (Lipinski definition) is 4. The summed E-state index contributed by atoms with van der Waals surface area (Å²) in [6.07, 6.45) is 4.59. The van der Waals surface area contributed by atoms with Crippen LogP contribution in [0.3, 0.4) is 0 Å². The summed E-state index contributed by atoms with van der Waals surface area (Å²) in [5.41, 5.74) is 0.766. The molecule has 1 aliphatic rings. The quantitative estimate of drug-likeness (QED) is 0.114. The zero-order valence-electron chi connectivity index (χ0n) is 31.2. The van der Waals surface area contributed by atoms with Gasteiger partial charge in [-0.3, -0.25) is 33.8 Å². The molecular formula is C38H52N6O9. The van der Waals surface area contributed by atoms with Crippen LogP contribution >= 0.6 is 0 Å². The molecule has 53 heavy (non-hydrogen) atoms. The Bertz CT molecular complexity index is 1590. The number of amides is 4. The first-order valence-electron chi connectivity index (χ1n) is 18.1. The van der Waals surface area contributed by atoms with Gasteiger partial charge in [-0.25, -0.2) is 9.78 Å². The molecular weight excluding hydrogens is 684 g/mol. The van der Waals surface area contributed by atoms with Gasteiger partial charge in [0.05, 0.1) is 18.3 Å². The van der Waals surface area contributed by atoms with Crippen molar-refractivity contribution in [3.8, 4) is 0 Å². The highest BCUT2D eigenvalue weighted by Gasteiger charge is 2.45. The van der Waals surface area contributed by atoms with E-state index < -0.39 is 71.6 Å². The number of aromatic nitrogens is 2. The molecule has 0 bridgehead atoms. The molecule has 15 nitrogen and oxygen atoms in total. The Morgan fingerprint density at radius 2 is 1.66 bits per heavy atom. The molecule has 7 atom stereocenters. The highest BCUT2D eigenvalue weighted by molar-refractivity contribution is 6.38. The predicted molar refractivity (Wildman–Crippen MR) is 193 cm³/mol. The largest absolute Gasteiger partial charge is 0.480 e. The van der Waals surface area contributed by atoms with Gasteiger partial charge in [-0.1, -0.05) is 70.9 Å². The van der Waals surface area contributed by atoms with E-state index in [0.717, 1.165) is 0 Å². The smallest absolute Gasteiger partial charge is 0.326 e. The van der Waals surface area contributed by atoms with Gasteiger partial charge in [0.2, 0.25) is 23.5 Å². The van der Waals surface area contributed by atoms with Crippen LogP contribution in [0.25, 0.3) is 0 Å². The third-order valence-corrected chi connectivity index (χ3v) is 9.72. The number of aliphatic carboxylic acids is 1. The van der Waals surface area contributed by atoms with Crippen molar-refractivity contribution in [2.24, 2.45) is 17.8 Å². The SMILES string of the molecule is CCCC(NC(=O)[C@@H]1[C@@H](CC)CCN1C(=O)[C@@H](NC(=O)[C@@H](CC(=O)c1cnccn1)C(C)C)[C@H](C)OC)C(=O)C(=O)N[C@@H](Cc1ccccc1)C(=O)O. The van der Waals surface area contributed by atoms with E-state index in [1.807, 2.05) is 6.92 Å². The molecule has 2 heterocycles. The molecule has 1 aromatic heterocycles. The summed E-state index contributed by atoms with van der Waals surface area (Å²) < 4.78 is 5.49. The van der Waals surface area contributed by atoms with E-state index in [9.17, 15) is 38.7 Å². The number of nitrogens with one attached hydrogen (secondary N) is 3. The Hall–Kier alpha value is -5.05. The number of rotatable bonds is 20. The highest BCUT2D eigenvalue weighted by atomic mass is 16.5. The van der Waals surface area contributed by atoms with Crippen molar-refractivity contribution < 1.29 is 43.4 Å². The second-order valence-electron chi connectivity index (χ2n) is 13.7. The van der Waals surface area contributed by atoms with Crippen molar-refractivity contribution in [1.29, 1.82) is 0 Å². The lowest BCUT2D eigenvalue weighted by atomic mass is 9.88. The average molecular weight is 737 g/mol. The molecule has 288 valence electrons. The van der Waals surface area contributed by atoms with Gasteiger partial charge in [0.1, 0.15) is 23.8 Å². The van der Waals surface area contributed by atoms with Crippen molar-refractivity contribution in [1.82, 2.24) is 30.8 Å². The second kappa shape index (κ2) is 20.3. The number of benzene rings is 1. The lowest BCUT2D eigenvalue weighted by molar-refractivity contribution is -0.147. The first-order valence-corrected chi connectivity index (χ1v) is 18.1. The zero-order chi connectivity index (χ0) is 39.2. The van der Waals surface area contributed by atoms with E-state index in [4.69, 9.17) is 4.74 Å². The Balaban J connectivity index is 1.79. The van der Waals surface area contributed by atoms with Gasteiger partial charge in [0.15, 0.2) is 5.78 Å². The maximum absolute atomic E-state index is 14.3. The average Bonchev–Trinajstić information content (AvgIpc) is 3.59. The van der Waals surface area contributed by atoms with Crippen LogP contribution in [0.2, 0.25) is 0 Å². The first kappa shape index (κ1) is 42.4. The van der Waals surface area contributed by atoms with E-state index in [2.05, 4.69) is 25.9 Å². The number of carbonyl (C=O) groups is 7. The monoisotopic (exact) mass is 736 g/mol. The van der Waals surface area contributed by atoms with E-state index >= 15 is 0 Å². The van der Waals surface area contributed by atoms with Crippen molar-refractivity contribution >= 4 is 41.2 Å². The van der Waals surface area contributed by atoms with Crippen LogP contribution < -0.4 is 16.0 Å². The van der Waals surface area contributed by atoms with Crippen molar-refractivity contribution in [2.45, 2.75) is 103 Å². The van der Waals surface area contributed by atoms with Crippen LogP contribution in [0.15, 0.2) is 48.9 Å². The van der Waals surface area contributed by atoms with Crippen molar-refractivity contribution in [3.05, 3.63) is 60.2 Å². The molecule has 1 aliphatic heterocycles. The fraction of sp³-hybridized carbons (Fsp3) is 0.553. The number of likely N-dealkylation sites (tertiary alicyclic amines) is 1. The van der Waals surface area contributed by atoms with E-state index in [1.54, 1.807) is 58.0 Å². The molecule has 15 heteroatoms. The van der Waals surface area contributed by atoms with E-state index in [1.165, 1.54) is 30.6 Å². The summed E-state index contributed by atoms with van der Waals surface area (Å²) in [4.78, 5) is 103. The minimum atomic E-state index is -1.38. The number of carboxylic acids is 1. The number of ketones is 2. The van der Waals surface area contributed by atoms with Gasteiger partial charge in [0.25, 0.3) is 5.91 Å². The van der Waals surface area contributed by atoms with Crippen LogP contribution in [0.4, 0.5) is 0 Å². The lowest BCUT2D eigenvalue weighted by Crippen LogP contribution is -2.60. The summed E-state index contributed by atoms with van der Waals surface area (Å²) >= 11 is 0. The number of carbonyl (C=O) groups excluding carboxylic acids is 6. The van der Waals surface area contributed by atoms with Crippen LogP contribution in [-0.2, 0) is 39.9 Å². The van der Waals surface area contributed by atoms with E-state index in [-0.39, 0.29) is 49.1 Å². The summed E-state index contributed by atoms with van der Waals surface area (Å²) in [5, 5.41) is 17.5. The number of carboxylic acid groups (broad SMARTS) is 1. The predicted octanol–water partition coefficient (Wildman–Crippen LogP) is 2.13. The Kier molecular flexibility index (Phi) is 16.2. The zero-order valence-corrected chi connectivity index (χ0v) is 31.2. The van der Waals surface area contributed by atoms with Crippen molar-refractivity contribution in [2.75, 3.05) is 13.7 Å². The molecule has 1 aromatic carbocycles. The minimum Gasteiger partial charge on any atom is -0.480 e. The molecule has 1 fully saturated rings. The topological polar surface area (TPSA) is 214 Å². The summed E-state index contributed by atoms with van der Waals surface area (Å²) in [5.74, 6) is -7.01. The minimum absolute atomic E-state index is 0.0507. The molecule has 1 saturated heterocycles. The summed E-state index contributed by atoms with van der Waals surface area (Å²) in [6.45, 7) is 9.01. The van der Waals surface area contributed by atoms with Crippen LogP contribution in [0, 0.1) is 17.8 Å². The Morgan fingerprint density at radius 3 is 2.23 bits per heavy atom. The molecule has 1 unspecified atom stereocenters. The van der Waals surface area contributed by atoms with Crippen LogP contribution in [-0.4, -0.2) is 105 Å². The lowest BCUT2D eigenvalue weighted by Gasteiger charge is -2.34.